The summed E-state index contributed by atoms with van der Waals surface area (Å²) >= 11 is 3.82. The molecule has 100 valence electrons. The highest BCUT2D eigenvalue weighted by Crippen LogP contribution is 2.18. The first kappa shape index (κ1) is 14.3. The summed E-state index contributed by atoms with van der Waals surface area (Å²) in [4.78, 5) is 0.581. The van der Waals surface area contributed by atoms with Gasteiger partial charge in [0.25, 0.3) is 0 Å². The smallest absolute Gasteiger partial charge is 0.0186 e. The van der Waals surface area contributed by atoms with Gasteiger partial charge in [0.05, 0.1) is 0 Å². The molecule has 0 aromatic heterocycles. The van der Waals surface area contributed by atoms with Crippen molar-refractivity contribution in [2.24, 2.45) is 0 Å². The Morgan fingerprint density at radius 2 is 1.63 bits per heavy atom. The lowest BCUT2D eigenvalue weighted by Gasteiger charge is -2.11. The Morgan fingerprint density at radius 3 is 2.37 bits per heavy atom. The van der Waals surface area contributed by atoms with Gasteiger partial charge in [-0.15, -0.1) is 0 Å². The van der Waals surface area contributed by atoms with E-state index in [2.05, 4.69) is 77.5 Å². The number of hydrogen-bond acceptors (Lipinski definition) is 0. The summed E-state index contributed by atoms with van der Waals surface area (Å²) in [5.41, 5.74) is 4.30. The van der Waals surface area contributed by atoms with Crippen molar-refractivity contribution >= 4 is 15.9 Å². The van der Waals surface area contributed by atoms with Crippen LogP contribution in [0.25, 0.3) is 0 Å². The quantitative estimate of drug-likeness (QED) is 0.632. The summed E-state index contributed by atoms with van der Waals surface area (Å²) in [6.45, 7) is 2.19. The van der Waals surface area contributed by atoms with Gasteiger partial charge in [0.15, 0.2) is 0 Å². The average Bonchev–Trinajstić information content (AvgIpc) is 2.43. The van der Waals surface area contributed by atoms with E-state index < -0.39 is 0 Å². The van der Waals surface area contributed by atoms with Crippen molar-refractivity contribution in [3.8, 4) is 0 Å². The van der Waals surface area contributed by atoms with Gasteiger partial charge in [-0.25, -0.2) is 0 Å². The van der Waals surface area contributed by atoms with Crippen LogP contribution in [0, 0.1) is 6.92 Å². The van der Waals surface area contributed by atoms with Crippen LogP contribution in [0.3, 0.4) is 0 Å². The van der Waals surface area contributed by atoms with E-state index in [1.807, 2.05) is 0 Å². The maximum atomic E-state index is 3.82. The van der Waals surface area contributed by atoms with Crippen molar-refractivity contribution in [2.75, 3.05) is 0 Å². The van der Waals surface area contributed by atoms with Gasteiger partial charge < -0.3 is 0 Å². The fourth-order valence-electron chi connectivity index (χ4n) is 2.35. The average molecular weight is 317 g/mol. The van der Waals surface area contributed by atoms with E-state index in [-0.39, 0.29) is 0 Å². The molecule has 0 spiro atoms. The third-order valence-electron chi connectivity index (χ3n) is 3.53. The highest BCUT2D eigenvalue weighted by Gasteiger charge is 2.07. The Hall–Kier alpha value is -1.08. The van der Waals surface area contributed by atoms with Gasteiger partial charge in [0.2, 0.25) is 0 Å². The Morgan fingerprint density at radius 1 is 0.947 bits per heavy atom. The maximum absolute atomic E-state index is 3.82. The third kappa shape index (κ3) is 4.83. The zero-order valence-corrected chi connectivity index (χ0v) is 13.1. The van der Waals surface area contributed by atoms with Crippen LogP contribution < -0.4 is 0 Å². The molecule has 0 saturated carbocycles. The first-order chi connectivity index (χ1) is 9.25. The zero-order chi connectivity index (χ0) is 13.5. The second-order valence-electron chi connectivity index (χ2n) is 5.11. The summed E-state index contributed by atoms with van der Waals surface area (Å²) in [6, 6.07) is 19.4. The number of benzene rings is 2. The van der Waals surface area contributed by atoms with E-state index in [4.69, 9.17) is 0 Å². The molecule has 0 amide bonds. The van der Waals surface area contributed by atoms with Crippen molar-refractivity contribution in [2.45, 2.75) is 37.4 Å². The van der Waals surface area contributed by atoms with Gasteiger partial charge in [-0.2, -0.15) is 0 Å². The van der Waals surface area contributed by atoms with Gasteiger partial charge in [-0.1, -0.05) is 70.5 Å². The lowest BCUT2D eigenvalue weighted by molar-refractivity contribution is 0.699. The van der Waals surface area contributed by atoms with Crippen molar-refractivity contribution in [3.63, 3.8) is 0 Å². The summed E-state index contributed by atoms with van der Waals surface area (Å²) in [5.74, 6) is 0. The van der Waals surface area contributed by atoms with Crippen LogP contribution in [0.2, 0.25) is 0 Å². The minimum absolute atomic E-state index is 0.581. The van der Waals surface area contributed by atoms with Crippen molar-refractivity contribution < 1.29 is 0 Å². The molecule has 2 aromatic rings. The van der Waals surface area contributed by atoms with Crippen LogP contribution in [-0.2, 0) is 12.8 Å². The molecular formula is C18H21Br. The van der Waals surface area contributed by atoms with Gasteiger partial charge >= 0.3 is 0 Å². The lowest BCUT2D eigenvalue weighted by Crippen LogP contribution is -2.04. The summed E-state index contributed by atoms with van der Waals surface area (Å²) in [7, 11) is 0. The molecule has 1 unspecified atom stereocenters. The molecule has 0 bridgehead atoms. The van der Waals surface area contributed by atoms with Crippen LogP contribution in [0.4, 0.5) is 0 Å². The summed E-state index contributed by atoms with van der Waals surface area (Å²) in [6.07, 6.45) is 4.77. The molecule has 1 atom stereocenters. The third-order valence-corrected chi connectivity index (χ3v) is 4.31. The number of rotatable bonds is 6. The molecule has 0 aliphatic rings. The molecule has 0 aliphatic carbocycles. The highest BCUT2D eigenvalue weighted by atomic mass is 79.9. The molecule has 2 aromatic carbocycles. The molecule has 1 heteroatoms. The monoisotopic (exact) mass is 316 g/mol. The fraction of sp³-hybridized carbons (Fsp3) is 0.333. The molecule has 0 radical (unpaired) electrons. The molecule has 0 aliphatic heterocycles. The van der Waals surface area contributed by atoms with Gasteiger partial charge in [0.1, 0.15) is 0 Å². The zero-order valence-electron chi connectivity index (χ0n) is 11.5. The van der Waals surface area contributed by atoms with Crippen LogP contribution in [-0.4, -0.2) is 4.83 Å². The minimum Gasteiger partial charge on any atom is -0.0887 e. The normalized spacial score (nSPS) is 12.3. The van der Waals surface area contributed by atoms with Crippen molar-refractivity contribution in [1.29, 1.82) is 0 Å². The van der Waals surface area contributed by atoms with Gasteiger partial charge in [-0.3, -0.25) is 0 Å². The van der Waals surface area contributed by atoms with Gasteiger partial charge in [0, 0.05) is 4.83 Å². The van der Waals surface area contributed by atoms with E-state index in [0.717, 1.165) is 6.42 Å². The molecule has 0 heterocycles. The highest BCUT2D eigenvalue weighted by molar-refractivity contribution is 9.09. The first-order valence-electron chi connectivity index (χ1n) is 6.98. The Labute approximate surface area is 125 Å². The molecule has 19 heavy (non-hydrogen) atoms. The molecule has 0 fully saturated rings. The Bertz CT molecular complexity index is 490. The number of halogens is 1. The van der Waals surface area contributed by atoms with Crippen LogP contribution in [0.5, 0.6) is 0 Å². The predicted molar refractivity (Wildman–Crippen MR) is 87.0 cm³/mol. The Kier molecular flexibility index (Phi) is 5.65. The summed E-state index contributed by atoms with van der Waals surface area (Å²) in [5, 5.41) is 0. The molecule has 0 N–H and O–H groups in total. The van der Waals surface area contributed by atoms with Crippen LogP contribution in [0.15, 0.2) is 54.6 Å². The van der Waals surface area contributed by atoms with Crippen LogP contribution >= 0.6 is 15.9 Å². The molecule has 0 nitrogen and oxygen atoms in total. The van der Waals surface area contributed by atoms with Crippen molar-refractivity contribution in [1.82, 2.24) is 0 Å². The SMILES string of the molecule is Cc1ccccc1CC(Br)CCCc1ccccc1. The Balaban J connectivity index is 1.76. The second kappa shape index (κ2) is 7.49. The van der Waals surface area contributed by atoms with E-state index in [1.54, 1.807) is 0 Å². The fourth-order valence-corrected chi connectivity index (χ4v) is 3.02. The minimum atomic E-state index is 0.581. The topological polar surface area (TPSA) is 0 Å². The molecule has 2 rings (SSSR count). The van der Waals surface area contributed by atoms with E-state index in [9.17, 15) is 0 Å². The number of hydrogen-bond donors (Lipinski definition) is 0. The predicted octanol–water partition coefficient (Wildman–Crippen LogP) is 5.32. The number of aryl methyl sites for hydroxylation is 2. The van der Waals surface area contributed by atoms with Gasteiger partial charge in [-0.05, 0) is 49.3 Å². The van der Waals surface area contributed by atoms with Crippen LogP contribution in [0.1, 0.15) is 29.5 Å². The van der Waals surface area contributed by atoms with E-state index >= 15 is 0 Å². The number of alkyl halides is 1. The van der Waals surface area contributed by atoms with Crippen molar-refractivity contribution in [3.05, 3.63) is 71.3 Å². The maximum Gasteiger partial charge on any atom is 0.0186 e. The van der Waals surface area contributed by atoms with E-state index in [0.29, 0.717) is 4.83 Å². The van der Waals surface area contributed by atoms with E-state index in [1.165, 1.54) is 36.0 Å². The largest absolute Gasteiger partial charge is 0.0887 e. The lowest BCUT2D eigenvalue weighted by atomic mass is 10.0. The molecule has 0 saturated heterocycles. The standard InChI is InChI=1S/C18H21Br/c1-15-8-5-6-12-17(15)14-18(19)13-7-11-16-9-3-2-4-10-16/h2-6,8-10,12,18H,7,11,13-14H2,1H3. The second-order valence-corrected chi connectivity index (χ2v) is 6.40. The first-order valence-corrected chi connectivity index (χ1v) is 7.90. The molecular weight excluding hydrogens is 296 g/mol. The summed E-state index contributed by atoms with van der Waals surface area (Å²) < 4.78 is 0.